The van der Waals surface area contributed by atoms with Gasteiger partial charge in [-0.15, -0.1) is 0 Å². The van der Waals surface area contributed by atoms with E-state index in [1.165, 1.54) is 19.5 Å². The first-order chi connectivity index (χ1) is 7.20. The predicted molar refractivity (Wildman–Crippen MR) is 62.1 cm³/mol. The first-order valence-electron chi connectivity index (χ1n) is 6.30. The van der Waals surface area contributed by atoms with Crippen LogP contribution in [0.1, 0.15) is 27.2 Å². The van der Waals surface area contributed by atoms with E-state index in [4.69, 9.17) is 4.74 Å². The molecule has 2 saturated heterocycles. The van der Waals surface area contributed by atoms with E-state index in [2.05, 4.69) is 30.6 Å². The molecule has 2 aliphatic heterocycles. The third-order valence-electron chi connectivity index (χ3n) is 3.72. The van der Waals surface area contributed by atoms with Crippen LogP contribution >= 0.6 is 0 Å². The summed E-state index contributed by atoms with van der Waals surface area (Å²) in [6, 6.07) is 1.50. The van der Waals surface area contributed by atoms with Crippen molar-refractivity contribution in [2.24, 2.45) is 0 Å². The standard InChI is InChI=1S/C12H24N2O/c1-4-15-12-8-14(9-12)11-5-6-13(7-11)10(2)3/h10-12H,4-9H2,1-3H3/t11-/m1/s1. The zero-order valence-corrected chi connectivity index (χ0v) is 10.3. The van der Waals surface area contributed by atoms with Crippen molar-refractivity contribution in [3.63, 3.8) is 0 Å². The summed E-state index contributed by atoms with van der Waals surface area (Å²) in [6.45, 7) is 12.4. The van der Waals surface area contributed by atoms with Crippen molar-refractivity contribution < 1.29 is 4.74 Å². The fourth-order valence-electron chi connectivity index (χ4n) is 2.64. The molecule has 0 aliphatic carbocycles. The first-order valence-corrected chi connectivity index (χ1v) is 6.30. The second-order valence-corrected chi connectivity index (χ2v) is 5.06. The lowest BCUT2D eigenvalue weighted by molar-refractivity contribution is -0.0661. The van der Waals surface area contributed by atoms with E-state index in [-0.39, 0.29) is 0 Å². The molecule has 88 valence electrons. The molecule has 0 bridgehead atoms. The van der Waals surface area contributed by atoms with Crippen molar-refractivity contribution in [3.8, 4) is 0 Å². The van der Waals surface area contributed by atoms with Crippen LogP contribution in [0.4, 0.5) is 0 Å². The largest absolute Gasteiger partial charge is 0.376 e. The monoisotopic (exact) mass is 212 g/mol. The summed E-state index contributed by atoms with van der Waals surface area (Å²) < 4.78 is 5.59. The summed E-state index contributed by atoms with van der Waals surface area (Å²) in [7, 11) is 0. The van der Waals surface area contributed by atoms with Gasteiger partial charge in [-0.3, -0.25) is 9.80 Å². The SMILES string of the molecule is CCOC1CN([C@@H]2CCN(C(C)C)C2)C1. The van der Waals surface area contributed by atoms with Gasteiger partial charge in [-0.2, -0.15) is 0 Å². The van der Waals surface area contributed by atoms with Crippen molar-refractivity contribution >= 4 is 0 Å². The lowest BCUT2D eigenvalue weighted by atomic mass is 10.1. The van der Waals surface area contributed by atoms with Gasteiger partial charge in [-0.1, -0.05) is 0 Å². The lowest BCUT2D eigenvalue weighted by Gasteiger charge is -2.42. The number of ether oxygens (including phenoxy) is 1. The molecule has 2 rings (SSSR count). The molecule has 3 nitrogen and oxygen atoms in total. The second kappa shape index (κ2) is 4.81. The van der Waals surface area contributed by atoms with E-state index in [0.29, 0.717) is 12.1 Å². The number of rotatable bonds is 4. The second-order valence-electron chi connectivity index (χ2n) is 5.06. The van der Waals surface area contributed by atoms with E-state index < -0.39 is 0 Å². The van der Waals surface area contributed by atoms with Gasteiger partial charge in [0.05, 0.1) is 6.10 Å². The number of likely N-dealkylation sites (tertiary alicyclic amines) is 2. The van der Waals surface area contributed by atoms with Crippen molar-refractivity contribution in [2.75, 3.05) is 32.8 Å². The Bertz CT molecular complexity index is 202. The highest BCUT2D eigenvalue weighted by molar-refractivity contribution is 4.92. The van der Waals surface area contributed by atoms with E-state index in [1.807, 2.05) is 0 Å². The maximum atomic E-state index is 5.59. The van der Waals surface area contributed by atoms with E-state index in [0.717, 1.165) is 25.7 Å². The molecule has 2 heterocycles. The van der Waals surface area contributed by atoms with Crippen molar-refractivity contribution in [1.29, 1.82) is 0 Å². The topological polar surface area (TPSA) is 15.7 Å². The summed E-state index contributed by atoms with van der Waals surface area (Å²) in [5.74, 6) is 0. The van der Waals surface area contributed by atoms with Crippen LogP contribution in [-0.2, 0) is 4.74 Å². The Balaban J connectivity index is 1.70. The van der Waals surface area contributed by atoms with Crippen molar-refractivity contribution in [3.05, 3.63) is 0 Å². The molecule has 0 aromatic rings. The third kappa shape index (κ3) is 2.52. The molecule has 0 saturated carbocycles. The number of hydrogen-bond acceptors (Lipinski definition) is 3. The Morgan fingerprint density at radius 2 is 2.00 bits per heavy atom. The number of hydrogen-bond donors (Lipinski definition) is 0. The Morgan fingerprint density at radius 3 is 2.53 bits per heavy atom. The normalized spacial score (nSPS) is 30.0. The summed E-state index contributed by atoms with van der Waals surface area (Å²) in [4.78, 5) is 5.17. The molecule has 0 aromatic carbocycles. The smallest absolute Gasteiger partial charge is 0.0828 e. The Kier molecular flexibility index (Phi) is 3.65. The molecule has 15 heavy (non-hydrogen) atoms. The van der Waals surface area contributed by atoms with Gasteiger partial charge in [0.15, 0.2) is 0 Å². The van der Waals surface area contributed by atoms with Crippen molar-refractivity contribution in [1.82, 2.24) is 9.80 Å². The molecular formula is C12H24N2O. The number of nitrogens with zero attached hydrogens (tertiary/aromatic N) is 2. The maximum Gasteiger partial charge on any atom is 0.0828 e. The molecule has 0 N–H and O–H groups in total. The van der Waals surface area contributed by atoms with Crippen LogP contribution < -0.4 is 0 Å². The minimum Gasteiger partial charge on any atom is -0.376 e. The predicted octanol–water partition coefficient (Wildman–Crippen LogP) is 1.19. The van der Waals surface area contributed by atoms with Gasteiger partial charge in [0, 0.05) is 44.9 Å². The molecule has 0 amide bonds. The van der Waals surface area contributed by atoms with Gasteiger partial charge >= 0.3 is 0 Å². The quantitative estimate of drug-likeness (QED) is 0.696. The summed E-state index contributed by atoms with van der Waals surface area (Å²) >= 11 is 0. The average Bonchev–Trinajstić information content (AvgIpc) is 2.59. The summed E-state index contributed by atoms with van der Waals surface area (Å²) in [6.07, 6.45) is 1.86. The van der Waals surface area contributed by atoms with Crippen LogP contribution in [0.2, 0.25) is 0 Å². The lowest BCUT2D eigenvalue weighted by Crippen LogP contribution is -2.57. The third-order valence-corrected chi connectivity index (χ3v) is 3.72. The highest BCUT2D eigenvalue weighted by Gasteiger charge is 2.36. The van der Waals surface area contributed by atoms with Gasteiger partial charge in [0.2, 0.25) is 0 Å². The molecular weight excluding hydrogens is 188 g/mol. The first kappa shape index (κ1) is 11.4. The van der Waals surface area contributed by atoms with Gasteiger partial charge in [0.1, 0.15) is 0 Å². The fraction of sp³-hybridized carbons (Fsp3) is 1.00. The molecule has 0 aromatic heterocycles. The van der Waals surface area contributed by atoms with Crippen molar-refractivity contribution in [2.45, 2.75) is 45.4 Å². The van der Waals surface area contributed by atoms with Crippen LogP contribution in [0, 0.1) is 0 Å². The van der Waals surface area contributed by atoms with Crippen LogP contribution in [0.5, 0.6) is 0 Å². The van der Waals surface area contributed by atoms with Gasteiger partial charge in [-0.05, 0) is 27.2 Å². The Hall–Kier alpha value is -0.120. The highest BCUT2D eigenvalue weighted by atomic mass is 16.5. The van der Waals surface area contributed by atoms with Crippen LogP contribution in [0.3, 0.4) is 0 Å². The average molecular weight is 212 g/mol. The zero-order chi connectivity index (χ0) is 10.8. The minimum atomic E-state index is 0.517. The Labute approximate surface area is 93.4 Å². The van der Waals surface area contributed by atoms with Gasteiger partial charge in [0.25, 0.3) is 0 Å². The molecule has 0 spiro atoms. The van der Waals surface area contributed by atoms with E-state index in [1.54, 1.807) is 0 Å². The Morgan fingerprint density at radius 1 is 1.27 bits per heavy atom. The summed E-state index contributed by atoms with van der Waals surface area (Å²) in [5, 5.41) is 0. The minimum absolute atomic E-state index is 0.517. The highest BCUT2D eigenvalue weighted by Crippen LogP contribution is 2.23. The van der Waals surface area contributed by atoms with Crippen LogP contribution in [-0.4, -0.2) is 60.8 Å². The van der Waals surface area contributed by atoms with Crippen LogP contribution in [0.25, 0.3) is 0 Å². The fourth-order valence-corrected chi connectivity index (χ4v) is 2.64. The van der Waals surface area contributed by atoms with Gasteiger partial charge in [-0.25, -0.2) is 0 Å². The zero-order valence-electron chi connectivity index (χ0n) is 10.3. The molecule has 0 radical (unpaired) electrons. The molecule has 3 heteroatoms. The van der Waals surface area contributed by atoms with Gasteiger partial charge < -0.3 is 4.74 Å². The van der Waals surface area contributed by atoms with E-state index >= 15 is 0 Å². The molecule has 1 atom stereocenters. The van der Waals surface area contributed by atoms with Crippen LogP contribution in [0.15, 0.2) is 0 Å². The van der Waals surface area contributed by atoms with E-state index in [9.17, 15) is 0 Å². The maximum absolute atomic E-state index is 5.59. The summed E-state index contributed by atoms with van der Waals surface area (Å²) in [5.41, 5.74) is 0. The molecule has 0 unspecified atom stereocenters. The molecule has 2 aliphatic rings. The molecule has 2 fully saturated rings.